The molecule has 0 spiro atoms. The number of Topliss-reactive ketones (excluding diaryl/α,β-unsaturated/α-hetero) is 1. The molecule has 0 saturated heterocycles. The molecule has 0 bridgehead atoms. The van der Waals surface area contributed by atoms with E-state index in [1.807, 2.05) is 42.5 Å². The van der Waals surface area contributed by atoms with Gasteiger partial charge in [0, 0.05) is 12.0 Å². The van der Waals surface area contributed by atoms with E-state index in [-0.39, 0.29) is 11.7 Å². The first-order chi connectivity index (χ1) is 11.8. The zero-order valence-corrected chi connectivity index (χ0v) is 13.8. The summed E-state index contributed by atoms with van der Waals surface area (Å²) >= 11 is 0. The van der Waals surface area contributed by atoms with Crippen molar-refractivity contribution in [3.63, 3.8) is 0 Å². The van der Waals surface area contributed by atoms with Crippen LogP contribution in [0.3, 0.4) is 0 Å². The standard InChI is InChI=1S/C23H22O/c24-23(21-14-8-3-9-15-21)18-22(20-12-6-2-7-13-20)17-16-19-10-4-1-5-11-19/h1-15,22H,16-18H2/t22-/m0/s1. The zero-order valence-electron chi connectivity index (χ0n) is 13.8. The Morgan fingerprint density at radius 1 is 0.708 bits per heavy atom. The van der Waals surface area contributed by atoms with Crippen LogP contribution >= 0.6 is 0 Å². The van der Waals surface area contributed by atoms with Crippen molar-refractivity contribution in [2.45, 2.75) is 25.2 Å². The second-order valence-electron chi connectivity index (χ2n) is 6.13. The predicted molar refractivity (Wildman–Crippen MR) is 99.3 cm³/mol. The van der Waals surface area contributed by atoms with Crippen molar-refractivity contribution in [2.24, 2.45) is 0 Å². The van der Waals surface area contributed by atoms with Crippen LogP contribution in [-0.4, -0.2) is 5.78 Å². The molecule has 0 radical (unpaired) electrons. The van der Waals surface area contributed by atoms with Gasteiger partial charge in [-0.05, 0) is 29.9 Å². The molecule has 0 unspecified atom stereocenters. The summed E-state index contributed by atoms with van der Waals surface area (Å²) in [5, 5.41) is 0. The second kappa shape index (κ2) is 8.26. The molecule has 0 N–H and O–H groups in total. The van der Waals surface area contributed by atoms with E-state index in [4.69, 9.17) is 0 Å². The van der Waals surface area contributed by atoms with E-state index in [2.05, 4.69) is 48.5 Å². The van der Waals surface area contributed by atoms with Crippen LogP contribution in [0.1, 0.15) is 40.2 Å². The topological polar surface area (TPSA) is 17.1 Å². The number of aryl methyl sites for hydroxylation is 1. The number of rotatable bonds is 7. The molecule has 120 valence electrons. The van der Waals surface area contributed by atoms with Gasteiger partial charge in [0.15, 0.2) is 5.78 Å². The summed E-state index contributed by atoms with van der Waals surface area (Å²) in [4.78, 5) is 12.6. The van der Waals surface area contributed by atoms with Crippen LogP contribution in [0.2, 0.25) is 0 Å². The van der Waals surface area contributed by atoms with Crippen molar-refractivity contribution < 1.29 is 4.79 Å². The van der Waals surface area contributed by atoms with E-state index in [1.165, 1.54) is 11.1 Å². The van der Waals surface area contributed by atoms with Crippen molar-refractivity contribution in [1.82, 2.24) is 0 Å². The summed E-state index contributed by atoms with van der Waals surface area (Å²) in [6.07, 6.45) is 2.52. The summed E-state index contributed by atoms with van der Waals surface area (Å²) < 4.78 is 0. The maximum absolute atomic E-state index is 12.6. The van der Waals surface area contributed by atoms with Crippen LogP contribution in [0.4, 0.5) is 0 Å². The molecule has 1 atom stereocenters. The summed E-state index contributed by atoms with van der Waals surface area (Å²) in [5.41, 5.74) is 3.38. The van der Waals surface area contributed by atoms with Gasteiger partial charge in [-0.15, -0.1) is 0 Å². The molecule has 0 aliphatic rings. The fourth-order valence-electron chi connectivity index (χ4n) is 3.06. The fraction of sp³-hybridized carbons (Fsp3) is 0.174. The maximum atomic E-state index is 12.6. The maximum Gasteiger partial charge on any atom is 0.163 e. The van der Waals surface area contributed by atoms with E-state index in [0.717, 1.165) is 18.4 Å². The molecule has 1 nitrogen and oxygen atoms in total. The number of hydrogen-bond acceptors (Lipinski definition) is 1. The van der Waals surface area contributed by atoms with E-state index in [0.29, 0.717) is 6.42 Å². The normalized spacial score (nSPS) is 11.8. The smallest absolute Gasteiger partial charge is 0.163 e. The van der Waals surface area contributed by atoms with Gasteiger partial charge in [0.1, 0.15) is 0 Å². The van der Waals surface area contributed by atoms with Crippen LogP contribution in [-0.2, 0) is 6.42 Å². The zero-order chi connectivity index (χ0) is 16.6. The minimum absolute atomic E-state index is 0.220. The lowest BCUT2D eigenvalue weighted by Gasteiger charge is -2.17. The molecule has 0 aliphatic heterocycles. The molecule has 0 saturated carbocycles. The molecule has 0 amide bonds. The Morgan fingerprint density at radius 3 is 1.88 bits per heavy atom. The van der Waals surface area contributed by atoms with Crippen molar-refractivity contribution in [2.75, 3.05) is 0 Å². The third kappa shape index (κ3) is 4.42. The summed E-state index contributed by atoms with van der Waals surface area (Å²) in [5.74, 6) is 0.469. The Balaban J connectivity index is 1.74. The Labute approximate surface area is 144 Å². The third-order valence-corrected chi connectivity index (χ3v) is 4.42. The van der Waals surface area contributed by atoms with Gasteiger partial charge in [0.25, 0.3) is 0 Å². The molecular formula is C23H22O. The van der Waals surface area contributed by atoms with Gasteiger partial charge < -0.3 is 0 Å². The Kier molecular flexibility index (Phi) is 5.57. The van der Waals surface area contributed by atoms with Gasteiger partial charge >= 0.3 is 0 Å². The van der Waals surface area contributed by atoms with E-state index in [1.54, 1.807) is 0 Å². The third-order valence-electron chi connectivity index (χ3n) is 4.42. The summed E-state index contributed by atoms with van der Waals surface area (Å²) in [6, 6.07) is 30.5. The molecule has 0 heterocycles. The Morgan fingerprint density at radius 2 is 1.25 bits per heavy atom. The first kappa shape index (κ1) is 16.2. The first-order valence-corrected chi connectivity index (χ1v) is 8.50. The van der Waals surface area contributed by atoms with E-state index < -0.39 is 0 Å². The number of carbonyl (C=O) groups is 1. The Hall–Kier alpha value is -2.67. The van der Waals surface area contributed by atoms with Crippen molar-refractivity contribution in [1.29, 1.82) is 0 Å². The average molecular weight is 314 g/mol. The SMILES string of the molecule is O=C(C[C@H](CCc1ccccc1)c1ccccc1)c1ccccc1. The minimum Gasteiger partial charge on any atom is -0.294 e. The van der Waals surface area contributed by atoms with Crippen LogP contribution in [0, 0.1) is 0 Å². The van der Waals surface area contributed by atoms with Gasteiger partial charge in [-0.3, -0.25) is 4.79 Å². The summed E-state index contributed by atoms with van der Waals surface area (Å²) in [7, 11) is 0. The molecular weight excluding hydrogens is 292 g/mol. The van der Waals surface area contributed by atoms with Crippen molar-refractivity contribution in [3.8, 4) is 0 Å². The molecule has 0 aromatic heterocycles. The highest BCUT2D eigenvalue weighted by atomic mass is 16.1. The van der Waals surface area contributed by atoms with E-state index in [9.17, 15) is 4.79 Å². The quantitative estimate of drug-likeness (QED) is 0.513. The van der Waals surface area contributed by atoms with Crippen molar-refractivity contribution >= 4 is 5.78 Å². The van der Waals surface area contributed by atoms with Gasteiger partial charge in [-0.1, -0.05) is 91.0 Å². The van der Waals surface area contributed by atoms with Crippen LogP contribution in [0.25, 0.3) is 0 Å². The number of hydrogen-bond donors (Lipinski definition) is 0. The lowest BCUT2D eigenvalue weighted by Crippen LogP contribution is -2.09. The Bertz CT molecular complexity index is 748. The predicted octanol–water partition coefficient (Wildman–Crippen LogP) is 5.68. The molecule has 3 aromatic rings. The first-order valence-electron chi connectivity index (χ1n) is 8.50. The van der Waals surface area contributed by atoms with Crippen LogP contribution < -0.4 is 0 Å². The molecule has 24 heavy (non-hydrogen) atoms. The highest BCUT2D eigenvalue weighted by molar-refractivity contribution is 5.96. The van der Waals surface area contributed by atoms with Crippen molar-refractivity contribution in [3.05, 3.63) is 108 Å². The number of ketones is 1. The summed E-state index contributed by atoms with van der Waals surface area (Å²) in [6.45, 7) is 0. The lowest BCUT2D eigenvalue weighted by atomic mass is 9.87. The van der Waals surface area contributed by atoms with Gasteiger partial charge in [-0.2, -0.15) is 0 Å². The molecule has 1 heteroatoms. The minimum atomic E-state index is 0.220. The van der Waals surface area contributed by atoms with E-state index >= 15 is 0 Å². The average Bonchev–Trinajstić information content (AvgIpc) is 2.67. The highest BCUT2D eigenvalue weighted by Crippen LogP contribution is 2.27. The lowest BCUT2D eigenvalue weighted by molar-refractivity contribution is 0.0972. The monoisotopic (exact) mass is 314 g/mol. The van der Waals surface area contributed by atoms with Gasteiger partial charge in [0.2, 0.25) is 0 Å². The number of carbonyl (C=O) groups excluding carboxylic acids is 1. The molecule has 0 aliphatic carbocycles. The largest absolute Gasteiger partial charge is 0.294 e. The van der Waals surface area contributed by atoms with Gasteiger partial charge in [-0.25, -0.2) is 0 Å². The molecule has 0 fully saturated rings. The molecule has 3 aromatic carbocycles. The second-order valence-corrected chi connectivity index (χ2v) is 6.13. The van der Waals surface area contributed by atoms with Crippen LogP contribution in [0.5, 0.6) is 0 Å². The number of benzene rings is 3. The van der Waals surface area contributed by atoms with Crippen LogP contribution in [0.15, 0.2) is 91.0 Å². The molecule has 3 rings (SSSR count). The van der Waals surface area contributed by atoms with Gasteiger partial charge in [0.05, 0.1) is 0 Å². The highest BCUT2D eigenvalue weighted by Gasteiger charge is 2.17. The fourth-order valence-corrected chi connectivity index (χ4v) is 3.06.